The van der Waals surface area contributed by atoms with Crippen LogP contribution < -0.4 is 15.5 Å². The standard InChI is InChI=1S/C35H45FN10O/c1-4-30-32-29(18-37)39-21-45(32)31-19-38-35(42-33(31)46(30)22(2)3)41-25-9-12-27(28(36)17-25)34(47)40-24-7-10-26(11-8-24)44-15-13-43(14-16-44)20-23-5-6-23/h9,12,17,19,21-24,26,30H,4-8,10-11,13-16,20H2,1-3H3,(H,40,47)(H,38,41,42)/t24?,26?,30-/m1/s1. The van der Waals surface area contributed by atoms with E-state index in [1.54, 1.807) is 18.6 Å². The second kappa shape index (κ2) is 13.2. The zero-order valence-corrected chi connectivity index (χ0v) is 27.6. The highest BCUT2D eigenvalue weighted by Gasteiger charge is 2.36. The Morgan fingerprint density at radius 1 is 1.09 bits per heavy atom. The molecular formula is C35H45FN10O. The van der Waals surface area contributed by atoms with Crippen molar-refractivity contribution in [1.82, 2.24) is 34.6 Å². The highest BCUT2D eigenvalue weighted by Crippen LogP contribution is 2.41. The summed E-state index contributed by atoms with van der Waals surface area (Å²) in [6.07, 6.45) is 10.9. The van der Waals surface area contributed by atoms with Gasteiger partial charge in [0.25, 0.3) is 5.91 Å². The molecule has 0 spiro atoms. The van der Waals surface area contributed by atoms with E-state index in [-0.39, 0.29) is 29.6 Å². The zero-order valence-electron chi connectivity index (χ0n) is 27.6. The van der Waals surface area contributed by atoms with Crippen molar-refractivity contribution in [1.29, 1.82) is 5.26 Å². The van der Waals surface area contributed by atoms with E-state index in [0.29, 0.717) is 29.2 Å². The zero-order chi connectivity index (χ0) is 32.7. The molecule has 2 aromatic heterocycles. The van der Waals surface area contributed by atoms with Gasteiger partial charge in [-0.2, -0.15) is 10.2 Å². The smallest absolute Gasteiger partial charge is 0.254 e. The van der Waals surface area contributed by atoms with Gasteiger partial charge in [0, 0.05) is 56.5 Å². The van der Waals surface area contributed by atoms with Gasteiger partial charge >= 0.3 is 0 Å². The summed E-state index contributed by atoms with van der Waals surface area (Å²) in [7, 11) is 0. The fraction of sp³-hybridized carbons (Fsp3) is 0.571. The van der Waals surface area contributed by atoms with E-state index in [1.807, 2.05) is 4.57 Å². The topological polar surface area (TPSA) is 118 Å². The largest absolute Gasteiger partial charge is 0.349 e. The lowest BCUT2D eigenvalue weighted by Gasteiger charge is -2.42. The number of hydrogen-bond acceptors (Lipinski definition) is 9. The number of nitrogens with zero attached hydrogens (tertiary/aromatic N) is 8. The van der Waals surface area contributed by atoms with Crippen molar-refractivity contribution in [2.24, 2.45) is 5.92 Å². The van der Waals surface area contributed by atoms with E-state index >= 15 is 4.39 Å². The Morgan fingerprint density at radius 3 is 2.51 bits per heavy atom. The Balaban J connectivity index is 0.973. The highest BCUT2D eigenvalue weighted by atomic mass is 19.1. The summed E-state index contributed by atoms with van der Waals surface area (Å²) in [5.74, 6) is 0.999. The molecule has 4 aliphatic rings. The Labute approximate surface area is 276 Å². The van der Waals surface area contributed by atoms with E-state index in [9.17, 15) is 10.1 Å². The molecule has 0 radical (unpaired) electrons. The van der Waals surface area contributed by atoms with Crippen LogP contribution in [-0.4, -0.2) is 86.1 Å². The van der Waals surface area contributed by atoms with Crippen molar-refractivity contribution in [2.45, 2.75) is 89.9 Å². The van der Waals surface area contributed by atoms with Crippen molar-refractivity contribution >= 4 is 23.4 Å². The van der Waals surface area contributed by atoms with Crippen LogP contribution >= 0.6 is 0 Å². The number of nitrogens with one attached hydrogen (secondary N) is 2. The summed E-state index contributed by atoms with van der Waals surface area (Å²) in [6.45, 7) is 12.1. The maximum absolute atomic E-state index is 15.3. The molecule has 1 atom stereocenters. The van der Waals surface area contributed by atoms with Gasteiger partial charge in [0.05, 0.1) is 23.5 Å². The van der Waals surface area contributed by atoms with Gasteiger partial charge in [-0.15, -0.1) is 0 Å². The molecule has 1 aromatic carbocycles. The molecule has 47 heavy (non-hydrogen) atoms. The predicted molar refractivity (Wildman–Crippen MR) is 178 cm³/mol. The number of piperazine rings is 1. The second-order valence-corrected chi connectivity index (χ2v) is 13.9. The van der Waals surface area contributed by atoms with Crippen LogP contribution in [-0.2, 0) is 0 Å². The summed E-state index contributed by atoms with van der Waals surface area (Å²) in [4.78, 5) is 34.2. The van der Waals surface area contributed by atoms with Crippen LogP contribution in [0.1, 0.15) is 93.5 Å². The Morgan fingerprint density at radius 2 is 1.85 bits per heavy atom. The van der Waals surface area contributed by atoms with Crippen LogP contribution in [0.2, 0.25) is 0 Å². The maximum Gasteiger partial charge on any atom is 0.254 e. The Hall–Kier alpha value is -4.08. The minimum Gasteiger partial charge on any atom is -0.349 e. The lowest BCUT2D eigenvalue weighted by molar-refractivity contribution is 0.0693. The van der Waals surface area contributed by atoms with Crippen LogP contribution in [0, 0.1) is 23.1 Å². The van der Waals surface area contributed by atoms with E-state index < -0.39 is 5.82 Å². The predicted octanol–water partition coefficient (Wildman–Crippen LogP) is 5.16. The lowest BCUT2D eigenvalue weighted by Crippen LogP contribution is -2.52. The summed E-state index contributed by atoms with van der Waals surface area (Å²) >= 11 is 0. The molecule has 3 aromatic rings. The van der Waals surface area contributed by atoms with Crippen LogP contribution in [0.3, 0.4) is 0 Å². The van der Waals surface area contributed by atoms with Gasteiger partial charge in [0.2, 0.25) is 5.95 Å². The number of hydrogen-bond donors (Lipinski definition) is 2. The molecule has 1 amide bonds. The van der Waals surface area contributed by atoms with Gasteiger partial charge in [0.1, 0.15) is 23.9 Å². The summed E-state index contributed by atoms with van der Waals surface area (Å²) in [5.41, 5.74) is 2.45. The molecule has 11 nitrogen and oxygen atoms in total. The van der Waals surface area contributed by atoms with Gasteiger partial charge in [-0.1, -0.05) is 6.92 Å². The number of fused-ring (bicyclic) bond motifs is 3. The molecule has 12 heteroatoms. The number of nitriles is 1. The number of carbonyl (C=O) groups excluding carboxylic acids is 1. The molecule has 2 aliphatic heterocycles. The minimum atomic E-state index is -0.592. The van der Waals surface area contributed by atoms with Gasteiger partial charge < -0.3 is 20.4 Å². The summed E-state index contributed by atoms with van der Waals surface area (Å²) < 4.78 is 17.2. The molecule has 248 valence electrons. The normalized spacial score (nSPS) is 23.2. The van der Waals surface area contributed by atoms with Gasteiger partial charge in [-0.3, -0.25) is 14.3 Å². The van der Waals surface area contributed by atoms with Crippen LogP contribution in [0.15, 0.2) is 30.7 Å². The molecule has 0 unspecified atom stereocenters. The molecule has 7 rings (SSSR count). The number of carbonyl (C=O) groups is 1. The number of rotatable bonds is 9. The van der Waals surface area contributed by atoms with Crippen LogP contribution in [0.5, 0.6) is 0 Å². The van der Waals surface area contributed by atoms with E-state index in [2.05, 4.69) is 62.1 Å². The van der Waals surface area contributed by atoms with Gasteiger partial charge in [0.15, 0.2) is 11.5 Å². The third kappa shape index (κ3) is 6.43. The van der Waals surface area contributed by atoms with Gasteiger partial charge in [-0.05, 0) is 82.9 Å². The van der Waals surface area contributed by atoms with Crippen LogP contribution in [0.4, 0.5) is 21.8 Å². The van der Waals surface area contributed by atoms with E-state index in [1.165, 1.54) is 44.6 Å². The quantitative estimate of drug-likeness (QED) is 0.327. The highest BCUT2D eigenvalue weighted by molar-refractivity contribution is 5.95. The number of amides is 1. The number of imidazole rings is 1. The molecule has 1 saturated heterocycles. The molecule has 0 bridgehead atoms. The van der Waals surface area contributed by atoms with Gasteiger partial charge in [-0.25, -0.2) is 14.4 Å². The number of anilines is 3. The fourth-order valence-corrected chi connectivity index (χ4v) is 7.75. The molecule has 2 saturated carbocycles. The van der Waals surface area contributed by atoms with E-state index in [4.69, 9.17) is 4.98 Å². The SMILES string of the molecule is CC[C@@H]1c2c(C#N)ncn2-c2cnc(Nc3ccc(C(=O)NC4CCC(N5CCN(CC6CC6)CC5)CC4)c(F)c3)nc2N1C(C)C. The first-order valence-corrected chi connectivity index (χ1v) is 17.3. The van der Waals surface area contributed by atoms with Crippen molar-refractivity contribution in [2.75, 3.05) is 42.9 Å². The molecule has 2 N–H and O–H groups in total. The van der Waals surface area contributed by atoms with Crippen LogP contribution in [0.25, 0.3) is 5.69 Å². The first-order chi connectivity index (χ1) is 22.8. The maximum atomic E-state index is 15.3. The third-order valence-electron chi connectivity index (χ3n) is 10.4. The van der Waals surface area contributed by atoms with Crippen molar-refractivity contribution < 1.29 is 9.18 Å². The molecule has 4 heterocycles. The Kier molecular flexibility index (Phi) is 8.85. The van der Waals surface area contributed by atoms with Crippen molar-refractivity contribution in [3.8, 4) is 11.8 Å². The fourth-order valence-electron chi connectivity index (χ4n) is 7.75. The second-order valence-electron chi connectivity index (χ2n) is 13.9. The monoisotopic (exact) mass is 640 g/mol. The number of aromatic nitrogens is 4. The minimum absolute atomic E-state index is 0.0357. The average molecular weight is 641 g/mol. The first-order valence-electron chi connectivity index (χ1n) is 17.3. The van der Waals surface area contributed by atoms with E-state index in [0.717, 1.165) is 62.5 Å². The lowest BCUT2D eigenvalue weighted by atomic mass is 9.89. The third-order valence-corrected chi connectivity index (χ3v) is 10.4. The van der Waals surface area contributed by atoms with Crippen molar-refractivity contribution in [3.63, 3.8) is 0 Å². The average Bonchev–Trinajstić information content (AvgIpc) is 3.79. The number of halogens is 1. The first kappa shape index (κ1) is 31.5. The number of benzene rings is 1. The molecular weight excluding hydrogens is 595 g/mol. The van der Waals surface area contributed by atoms with Crippen molar-refractivity contribution in [3.05, 3.63) is 53.5 Å². The molecule has 2 aliphatic carbocycles. The summed E-state index contributed by atoms with van der Waals surface area (Å²) in [6, 6.07) is 7.39. The molecule has 3 fully saturated rings. The summed E-state index contributed by atoms with van der Waals surface area (Å²) in [5, 5.41) is 15.9. The Bertz CT molecular complexity index is 1650.